The van der Waals surface area contributed by atoms with Crippen LogP contribution in [0.25, 0.3) is 76.9 Å². The maximum Gasteiger partial charge on any atom is 0.143 e. The molecule has 55 heavy (non-hydrogen) atoms. The van der Waals surface area contributed by atoms with Crippen LogP contribution in [0.2, 0.25) is 0 Å². The molecule has 0 spiro atoms. The highest BCUT2D eigenvalue weighted by Crippen LogP contribution is 2.54. The lowest BCUT2D eigenvalue weighted by atomic mass is 9.82. The Morgan fingerprint density at radius 2 is 1.07 bits per heavy atom. The molecule has 0 bridgehead atoms. The van der Waals surface area contributed by atoms with Gasteiger partial charge in [-0.05, 0) is 97.6 Å². The quantitative estimate of drug-likeness (QED) is 0.177. The number of hydrogen-bond acceptors (Lipinski definition) is 2. The SMILES string of the molecule is CC1(C)c2ccccc2-c2c(N(c3ccc(-c4cc5c6ccccc6oc5c5ccccc45)cc3)c3cccc(-c4cccc5ccccc45)c3)cccc21. The van der Waals surface area contributed by atoms with Crippen LogP contribution in [0.4, 0.5) is 17.1 Å². The first kappa shape index (κ1) is 31.6. The van der Waals surface area contributed by atoms with Gasteiger partial charge in [0.1, 0.15) is 11.2 Å². The summed E-state index contributed by atoms with van der Waals surface area (Å²) in [7, 11) is 0. The zero-order valence-electron chi connectivity index (χ0n) is 30.8. The molecule has 1 heterocycles. The molecule has 2 nitrogen and oxygen atoms in total. The molecule has 1 aliphatic carbocycles. The van der Waals surface area contributed by atoms with Crippen molar-refractivity contribution in [2.45, 2.75) is 19.3 Å². The van der Waals surface area contributed by atoms with Crippen LogP contribution >= 0.6 is 0 Å². The van der Waals surface area contributed by atoms with Crippen LogP contribution in [0, 0.1) is 0 Å². The highest BCUT2D eigenvalue weighted by Gasteiger charge is 2.37. The van der Waals surface area contributed by atoms with Gasteiger partial charge in [0.2, 0.25) is 0 Å². The van der Waals surface area contributed by atoms with Crippen molar-refractivity contribution in [3.05, 3.63) is 199 Å². The average molecular weight is 704 g/mol. The van der Waals surface area contributed by atoms with Crippen molar-refractivity contribution < 1.29 is 4.42 Å². The van der Waals surface area contributed by atoms with Gasteiger partial charge < -0.3 is 9.32 Å². The molecule has 0 fully saturated rings. The third-order valence-corrected chi connectivity index (χ3v) is 11.9. The Morgan fingerprint density at radius 3 is 1.95 bits per heavy atom. The summed E-state index contributed by atoms with van der Waals surface area (Å²) < 4.78 is 6.44. The Bertz CT molecular complexity index is 3120. The van der Waals surface area contributed by atoms with Gasteiger partial charge in [-0.2, -0.15) is 0 Å². The number of fused-ring (bicyclic) bond motifs is 9. The van der Waals surface area contributed by atoms with Gasteiger partial charge in [-0.15, -0.1) is 0 Å². The number of furan rings is 1. The van der Waals surface area contributed by atoms with Crippen LogP contribution in [0.3, 0.4) is 0 Å². The predicted molar refractivity (Wildman–Crippen MR) is 232 cm³/mol. The van der Waals surface area contributed by atoms with Gasteiger partial charge in [0.15, 0.2) is 0 Å². The highest BCUT2D eigenvalue weighted by atomic mass is 16.3. The maximum absolute atomic E-state index is 6.44. The molecular formula is C53H37NO. The van der Waals surface area contributed by atoms with Crippen LogP contribution in [-0.2, 0) is 5.41 Å². The third kappa shape index (κ3) is 4.81. The second-order valence-electron chi connectivity index (χ2n) is 15.3. The number of rotatable bonds is 5. The molecule has 0 radical (unpaired) electrons. The molecule has 0 aliphatic heterocycles. The summed E-state index contributed by atoms with van der Waals surface area (Å²) in [4.78, 5) is 2.46. The van der Waals surface area contributed by atoms with Gasteiger partial charge in [0.05, 0.1) is 5.69 Å². The summed E-state index contributed by atoms with van der Waals surface area (Å²) in [5.41, 5.74) is 15.2. The Kier molecular flexibility index (Phi) is 6.93. The van der Waals surface area contributed by atoms with Crippen molar-refractivity contribution in [2.75, 3.05) is 4.90 Å². The Hall–Kier alpha value is -6.90. The van der Waals surface area contributed by atoms with Gasteiger partial charge in [0, 0.05) is 38.5 Å². The Morgan fingerprint density at radius 1 is 0.418 bits per heavy atom. The number of para-hydroxylation sites is 1. The molecule has 2 heteroatoms. The van der Waals surface area contributed by atoms with Crippen LogP contribution < -0.4 is 4.90 Å². The number of nitrogens with zero attached hydrogens (tertiary/aromatic N) is 1. The van der Waals surface area contributed by atoms with E-state index in [1.54, 1.807) is 0 Å². The minimum Gasteiger partial charge on any atom is -0.455 e. The third-order valence-electron chi connectivity index (χ3n) is 11.9. The Balaban J connectivity index is 1.12. The van der Waals surface area contributed by atoms with Crippen molar-refractivity contribution in [1.82, 2.24) is 0 Å². The smallest absolute Gasteiger partial charge is 0.143 e. The normalized spacial score (nSPS) is 13.1. The number of benzene rings is 9. The van der Waals surface area contributed by atoms with E-state index in [0.717, 1.165) is 38.7 Å². The monoisotopic (exact) mass is 703 g/mol. The fraction of sp³-hybridized carbons (Fsp3) is 0.0566. The highest BCUT2D eigenvalue weighted by molar-refractivity contribution is 6.19. The summed E-state index contributed by atoms with van der Waals surface area (Å²) in [6.07, 6.45) is 0. The van der Waals surface area contributed by atoms with E-state index in [0.29, 0.717) is 0 Å². The van der Waals surface area contributed by atoms with Crippen LogP contribution in [-0.4, -0.2) is 0 Å². The first-order valence-electron chi connectivity index (χ1n) is 19.1. The lowest BCUT2D eigenvalue weighted by molar-refractivity contribution is 0.660. The molecule has 9 aromatic carbocycles. The lowest BCUT2D eigenvalue weighted by Crippen LogP contribution is -2.16. The standard InChI is InChI=1S/C53H37NO/c1-53(2)47-24-9-7-22-44(47)51-48(53)25-13-26-49(51)54(38-17-11-16-36(32-38)40-23-12-15-34-14-3-4-18-39(34)40)37-30-28-35(29-31-37)45-33-46-42-20-8-10-27-50(42)55-52(46)43-21-6-5-19-41(43)45/h3-33H,1-2H3. The molecule has 0 amide bonds. The number of hydrogen-bond donors (Lipinski definition) is 0. The summed E-state index contributed by atoms with van der Waals surface area (Å²) in [5, 5.41) is 7.08. The van der Waals surface area contributed by atoms with Gasteiger partial charge >= 0.3 is 0 Å². The van der Waals surface area contributed by atoms with Crippen molar-refractivity contribution in [1.29, 1.82) is 0 Å². The van der Waals surface area contributed by atoms with Crippen LogP contribution in [0.5, 0.6) is 0 Å². The molecule has 0 unspecified atom stereocenters. The maximum atomic E-state index is 6.44. The second-order valence-corrected chi connectivity index (χ2v) is 15.3. The zero-order chi connectivity index (χ0) is 36.7. The van der Waals surface area contributed by atoms with Crippen molar-refractivity contribution in [3.63, 3.8) is 0 Å². The van der Waals surface area contributed by atoms with E-state index in [9.17, 15) is 0 Å². The fourth-order valence-electron chi connectivity index (χ4n) is 9.21. The minimum absolute atomic E-state index is 0.112. The van der Waals surface area contributed by atoms with E-state index in [1.807, 2.05) is 6.07 Å². The van der Waals surface area contributed by atoms with Gasteiger partial charge in [-0.25, -0.2) is 0 Å². The molecule has 0 saturated carbocycles. The minimum atomic E-state index is -0.112. The van der Waals surface area contributed by atoms with Crippen molar-refractivity contribution in [3.8, 4) is 33.4 Å². The molecule has 11 rings (SSSR count). The van der Waals surface area contributed by atoms with E-state index in [2.05, 4.69) is 201 Å². The van der Waals surface area contributed by atoms with Gasteiger partial charge in [-0.3, -0.25) is 0 Å². The summed E-state index contributed by atoms with van der Waals surface area (Å²) >= 11 is 0. The molecule has 0 atom stereocenters. The van der Waals surface area contributed by atoms with E-state index >= 15 is 0 Å². The van der Waals surface area contributed by atoms with Gasteiger partial charge in [-0.1, -0.05) is 159 Å². The summed E-state index contributed by atoms with van der Waals surface area (Å²) in [5.74, 6) is 0. The summed E-state index contributed by atoms with van der Waals surface area (Å²) in [6, 6.07) is 68.5. The van der Waals surface area contributed by atoms with Gasteiger partial charge in [0.25, 0.3) is 0 Å². The van der Waals surface area contributed by atoms with E-state index < -0.39 is 0 Å². The van der Waals surface area contributed by atoms with Crippen molar-refractivity contribution >= 4 is 60.5 Å². The first-order valence-corrected chi connectivity index (χ1v) is 19.1. The topological polar surface area (TPSA) is 16.4 Å². The van der Waals surface area contributed by atoms with E-state index in [4.69, 9.17) is 4.42 Å². The second kappa shape index (κ2) is 12.1. The molecule has 1 aliphatic rings. The predicted octanol–water partition coefficient (Wildman–Crippen LogP) is 15.0. The van der Waals surface area contributed by atoms with E-state index in [1.165, 1.54) is 66.4 Å². The number of anilines is 3. The van der Waals surface area contributed by atoms with Crippen molar-refractivity contribution in [2.24, 2.45) is 0 Å². The lowest BCUT2D eigenvalue weighted by Gasteiger charge is -2.29. The molecule has 260 valence electrons. The molecule has 0 N–H and O–H groups in total. The molecular weight excluding hydrogens is 667 g/mol. The summed E-state index contributed by atoms with van der Waals surface area (Å²) in [6.45, 7) is 4.71. The first-order chi connectivity index (χ1) is 27.0. The van der Waals surface area contributed by atoms with E-state index in [-0.39, 0.29) is 5.41 Å². The molecule has 10 aromatic rings. The zero-order valence-corrected chi connectivity index (χ0v) is 30.8. The van der Waals surface area contributed by atoms with Crippen LogP contribution in [0.1, 0.15) is 25.0 Å². The largest absolute Gasteiger partial charge is 0.455 e. The molecule has 1 aromatic heterocycles. The fourth-order valence-corrected chi connectivity index (χ4v) is 9.21. The van der Waals surface area contributed by atoms with Crippen LogP contribution in [0.15, 0.2) is 192 Å². The Labute approximate surface area is 320 Å². The molecule has 0 saturated heterocycles. The average Bonchev–Trinajstić information content (AvgIpc) is 3.73.